The van der Waals surface area contributed by atoms with Gasteiger partial charge in [-0.15, -0.1) is 0 Å². The van der Waals surface area contributed by atoms with Crippen molar-refractivity contribution in [2.24, 2.45) is 0 Å². The van der Waals surface area contributed by atoms with Crippen molar-refractivity contribution < 1.29 is 0 Å². The molecule has 1 aromatic heterocycles. The quantitative estimate of drug-likeness (QED) is 0.912. The van der Waals surface area contributed by atoms with Crippen molar-refractivity contribution in [2.75, 3.05) is 17.6 Å². The second-order valence-electron chi connectivity index (χ2n) is 4.12. The van der Waals surface area contributed by atoms with E-state index in [1.54, 1.807) is 11.3 Å². The molecule has 90 valence electrons. The third-order valence-corrected chi connectivity index (χ3v) is 5.76. The molecule has 2 aromatic rings. The molecule has 1 N–H and O–H groups in total. The average Bonchev–Trinajstić information content (AvgIpc) is 2.95. The highest BCUT2D eigenvalue weighted by Crippen LogP contribution is 2.32. The first kappa shape index (κ1) is 11.6. The molecule has 0 spiro atoms. The number of thioether (sulfide) groups is 1. The molecule has 1 atom stereocenters. The fraction of sp³-hybridized carbons (Fsp3) is 0.417. The van der Waals surface area contributed by atoms with Gasteiger partial charge in [-0.3, -0.25) is 0 Å². The molecule has 0 bridgehead atoms. The van der Waals surface area contributed by atoms with Gasteiger partial charge in [-0.05, 0) is 30.7 Å². The van der Waals surface area contributed by atoms with E-state index in [1.807, 2.05) is 18.2 Å². The molecule has 1 aliphatic heterocycles. The summed E-state index contributed by atoms with van der Waals surface area (Å²) in [5.41, 5.74) is 0.990. The van der Waals surface area contributed by atoms with Crippen LogP contribution in [-0.2, 0) is 0 Å². The minimum absolute atomic E-state index is 0.748. The smallest absolute Gasteiger partial charge is 0.183 e. The lowest BCUT2D eigenvalue weighted by Gasteiger charge is -2.07. The van der Waals surface area contributed by atoms with Crippen molar-refractivity contribution in [3.05, 3.63) is 23.2 Å². The number of fused-ring (bicyclic) bond motifs is 1. The van der Waals surface area contributed by atoms with Gasteiger partial charge < -0.3 is 5.32 Å². The molecule has 2 heterocycles. The number of nitrogens with one attached hydrogen (secondary N) is 1. The van der Waals surface area contributed by atoms with Gasteiger partial charge in [0.2, 0.25) is 0 Å². The number of nitrogens with zero attached hydrogens (tertiary/aromatic N) is 1. The highest BCUT2D eigenvalue weighted by Gasteiger charge is 2.15. The van der Waals surface area contributed by atoms with Gasteiger partial charge in [0.1, 0.15) is 0 Å². The van der Waals surface area contributed by atoms with Crippen LogP contribution in [0.15, 0.2) is 18.2 Å². The number of halogens is 1. The second-order valence-corrected chi connectivity index (χ2v) is 6.94. The van der Waals surface area contributed by atoms with E-state index >= 15 is 0 Å². The summed E-state index contributed by atoms with van der Waals surface area (Å²) < 4.78 is 1.08. The van der Waals surface area contributed by atoms with E-state index in [1.165, 1.54) is 18.6 Å². The van der Waals surface area contributed by atoms with Gasteiger partial charge in [0.15, 0.2) is 5.13 Å². The van der Waals surface area contributed by atoms with Crippen LogP contribution in [0.2, 0.25) is 5.02 Å². The van der Waals surface area contributed by atoms with Crippen LogP contribution in [-0.4, -0.2) is 22.5 Å². The molecule has 1 aromatic carbocycles. The van der Waals surface area contributed by atoms with Gasteiger partial charge >= 0.3 is 0 Å². The first-order chi connectivity index (χ1) is 8.33. The number of benzene rings is 1. The lowest BCUT2D eigenvalue weighted by Crippen LogP contribution is -2.13. The van der Waals surface area contributed by atoms with Crippen LogP contribution in [0.4, 0.5) is 5.13 Å². The van der Waals surface area contributed by atoms with Gasteiger partial charge in [-0.25, -0.2) is 4.98 Å². The molecule has 17 heavy (non-hydrogen) atoms. The summed E-state index contributed by atoms with van der Waals surface area (Å²) in [5.74, 6) is 1.30. The number of hydrogen-bond donors (Lipinski definition) is 1. The van der Waals surface area contributed by atoms with Crippen molar-refractivity contribution >= 4 is 50.0 Å². The van der Waals surface area contributed by atoms with E-state index in [9.17, 15) is 0 Å². The summed E-state index contributed by atoms with van der Waals surface area (Å²) in [6.07, 6.45) is 2.67. The first-order valence-electron chi connectivity index (χ1n) is 5.73. The van der Waals surface area contributed by atoms with Gasteiger partial charge in [0.05, 0.1) is 15.2 Å². The number of aromatic nitrogens is 1. The Hall–Kier alpha value is -0.450. The first-order valence-corrected chi connectivity index (χ1v) is 7.98. The van der Waals surface area contributed by atoms with Crippen LogP contribution < -0.4 is 5.32 Å². The third kappa shape index (κ3) is 2.54. The summed E-state index contributed by atoms with van der Waals surface area (Å²) in [7, 11) is 0. The van der Waals surface area contributed by atoms with E-state index in [4.69, 9.17) is 11.6 Å². The zero-order valence-electron chi connectivity index (χ0n) is 9.28. The molecule has 0 aliphatic carbocycles. The van der Waals surface area contributed by atoms with Crippen LogP contribution in [0.1, 0.15) is 12.8 Å². The monoisotopic (exact) mass is 284 g/mol. The summed E-state index contributed by atoms with van der Waals surface area (Å²) >= 11 is 9.84. The Kier molecular flexibility index (Phi) is 3.45. The number of anilines is 1. The van der Waals surface area contributed by atoms with Crippen molar-refractivity contribution in [3.63, 3.8) is 0 Å². The van der Waals surface area contributed by atoms with Crippen molar-refractivity contribution in [1.82, 2.24) is 4.98 Å². The largest absolute Gasteiger partial charge is 0.360 e. The maximum Gasteiger partial charge on any atom is 0.183 e. The molecule has 3 rings (SSSR count). The highest BCUT2D eigenvalue weighted by atomic mass is 35.5. The Morgan fingerprint density at radius 1 is 1.47 bits per heavy atom. The Balaban J connectivity index is 1.74. The van der Waals surface area contributed by atoms with Gasteiger partial charge in [0.25, 0.3) is 0 Å². The minimum atomic E-state index is 0.748. The average molecular weight is 285 g/mol. The van der Waals surface area contributed by atoms with Crippen LogP contribution in [0.5, 0.6) is 0 Å². The Labute approximate surface area is 114 Å². The Bertz CT molecular complexity index is 520. The molecule has 2 nitrogen and oxygen atoms in total. The predicted molar refractivity (Wildman–Crippen MR) is 78.6 cm³/mol. The van der Waals surface area contributed by atoms with Crippen LogP contribution in [0, 0.1) is 0 Å². The van der Waals surface area contributed by atoms with Gasteiger partial charge in [0, 0.05) is 11.8 Å². The second kappa shape index (κ2) is 5.04. The third-order valence-electron chi connectivity index (χ3n) is 2.87. The molecule has 1 fully saturated rings. The standard InChI is InChI=1S/C12H13ClN2S2/c13-9-4-1-5-10-11(9)17-12(15-10)14-7-8-3-2-6-16-8/h1,4-5,8H,2-3,6-7H2,(H,14,15). The van der Waals surface area contributed by atoms with Gasteiger partial charge in [-0.1, -0.05) is 29.0 Å². The van der Waals surface area contributed by atoms with Crippen molar-refractivity contribution in [3.8, 4) is 0 Å². The number of rotatable bonds is 3. The normalized spacial score (nSPS) is 19.9. The molecule has 0 radical (unpaired) electrons. The van der Waals surface area contributed by atoms with Gasteiger partial charge in [-0.2, -0.15) is 11.8 Å². The topological polar surface area (TPSA) is 24.9 Å². The zero-order chi connectivity index (χ0) is 11.7. The van der Waals surface area contributed by atoms with E-state index < -0.39 is 0 Å². The van der Waals surface area contributed by atoms with Crippen molar-refractivity contribution in [1.29, 1.82) is 0 Å². The highest BCUT2D eigenvalue weighted by molar-refractivity contribution is 8.00. The lowest BCUT2D eigenvalue weighted by atomic mass is 10.2. The SMILES string of the molecule is Clc1cccc2nc(NCC3CCCS3)sc12. The molecular formula is C12H13ClN2S2. The lowest BCUT2D eigenvalue weighted by molar-refractivity contribution is 0.805. The molecule has 0 amide bonds. The fourth-order valence-electron chi connectivity index (χ4n) is 2.00. The molecule has 0 saturated carbocycles. The maximum atomic E-state index is 6.14. The van der Waals surface area contributed by atoms with E-state index in [0.29, 0.717) is 0 Å². The fourth-order valence-corrected chi connectivity index (χ4v) is 4.36. The van der Waals surface area contributed by atoms with Crippen molar-refractivity contribution in [2.45, 2.75) is 18.1 Å². The Morgan fingerprint density at radius 2 is 2.41 bits per heavy atom. The summed E-state index contributed by atoms with van der Waals surface area (Å²) in [4.78, 5) is 4.55. The van der Waals surface area contributed by atoms with E-state index in [-0.39, 0.29) is 0 Å². The molecule has 1 unspecified atom stereocenters. The van der Waals surface area contributed by atoms with Crippen LogP contribution in [0.25, 0.3) is 10.2 Å². The summed E-state index contributed by atoms with van der Waals surface area (Å²) in [6, 6.07) is 5.87. The minimum Gasteiger partial charge on any atom is -0.360 e. The predicted octanol–water partition coefficient (Wildman–Crippen LogP) is 4.26. The number of hydrogen-bond acceptors (Lipinski definition) is 4. The number of thiazole rings is 1. The zero-order valence-corrected chi connectivity index (χ0v) is 11.7. The van der Waals surface area contributed by atoms with E-state index in [0.717, 1.165) is 32.2 Å². The van der Waals surface area contributed by atoms with Crippen LogP contribution in [0.3, 0.4) is 0 Å². The summed E-state index contributed by atoms with van der Waals surface area (Å²) in [5, 5.41) is 5.96. The summed E-state index contributed by atoms with van der Waals surface area (Å²) in [6.45, 7) is 1.02. The molecular weight excluding hydrogens is 272 g/mol. The molecule has 1 saturated heterocycles. The van der Waals surface area contributed by atoms with E-state index in [2.05, 4.69) is 22.1 Å². The van der Waals surface area contributed by atoms with Crippen LogP contribution >= 0.6 is 34.7 Å². The molecule has 5 heteroatoms. The Morgan fingerprint density at radius 3 is 3.18 bits per heavy atom. The molecule has 1 aliphatic rings. The maximum absolute atomic E-state index is 6.14.